The second-order valence-electron chi connectivity index (χ2n) is 2.99. The highest BCUT2D eigenvalue weighted by atomic mass is 28.2. The van der Waals surface area contributed by atoms with E-state index in [-0.39, 0.29) is 0 Å². The summed E-state index contributed by atoms with van der Waals surface area (Å²) in [6.45, 7) is 4.96. The standard InChI is InChI=1S/C11H18O3Si/c1-3-12-11(14-15,13-4-2)10-8-6-5-7-9-10/h5-9H,3-4H2,1-2,15H3. The second kappa shape index (κ2) is 6.02. The van der Waals surface area contributed by atoms with Crippen molar-refractivity contribution in [1.82, 2.24) is 0 Å². The van der Waals surface area contributed by atoms with Gasteiger partial charge in [-0.3, -0.25) is 0 Å². The van der Waals surface area contributed by atoms with Gasteiger partial charge in [-0.2, -0.15) is 0 Å². The Hall–Kier alpha value is -0.683. The molecule has 0 unspecified atom stereocenters. The Morgan fingerprint density at radius 2 is 1.60 bits per heavy atom. The van der Waals surface area contributed by atoms with Crippen LogP contribution in [0, 0.1) is 0 Å². The summed E-state index contributed by atoms with van der Waals surface area (Å²) in [4.78, 5) is 0. The van der Waals surface area contributed by atoms with Gasteiger partial charge >= 0.3 is 5.97 Å². The van der Waals surface area contributed by atoms with Gasteiger partial charge in [0.2, 0.25) is 0 Å². The van der Waals surface area contributed by atoms with E-state index < -0.39 is 5.97 Å². The quantitative estimate of drug-likeness (QED) is 0.538. The largest absolute Gasteiger partial charge is 0.376 e. The van der Waals surface area contributed by atoms with Crippen molar-refractivity contribution in [2.45, 2.75) is 19.8 Å². The van der Waals surface area contributed by atoms with Crippen molar-refractivity contribution in [3.8, 4) is 0 Å². The molecule has 0 aromatic heterocycles. The van der Waals surface area contributed by atoms with E-state index in [1.54, 1.807) is 0 Å². The Balaban J connectivity index is 2.97. The van der Waals surface area contributed by atoms with Gasteiger partial charge in [0.15, 0.2) is 10.5 Å². The van der Waals surface area contributed by atoms with Crippen LogP contribution in [0.1, 0.15) is 19.4 Å². The summed E-state index contributed by atoms with van der Waals surface area (Å²) in [6, 6.07) is 9.75. The first-order valence-corrected chi connectivity index (χ1v) is 5.99. The van der Waals surface area contributed by atoms with Crippen LogP contribution in [0.5, 0.6) is 0 Å². The number of rotatable bonds is 6. The third-order valence-corrected chi connectivity index (χ3v) is 2.60. The highest BCUT2D eigenvalue weighted by Crippen LogP contribution is 2.27. The van der Waals surface area contributed by atoms with Gasteiger partial charge in [-0.1, -0.05) is 30.3 Å². The molecule has 0 amide bonds. The summed E-state index contributed by atoms with van der Waals surface area (Å²) in [5, 5.41) is 0. The minimum absolute atomic E-state index is 0.553. The molecule has 0 spiro atoms. The fourth-order valence-corrected chi connectivity index (χ4v) is 1.94. The lowest BCUT2D eigenvalue weighted by Gasteiger charge is -2.32. The summed E-state index contributed by atoms with van der Waals surface area (Å²) in [7, 11) is 0.559. The maximum atomic E-state index is 5.60. The molecule has 1 rings (SSSR count). The van der Waals surface area contributed by atoms with Crippen molar-refractivity contribution in [3.63, 3.8) is 0 Å². The van der Waals surface area contributed by atoms with Crippen molar-refractivity contribution in [3.05, 3.63) is 35.9 Å². The first kappa shape index (κ1) is 12.4. The molecule has 0 aliphatic carbocycles. The van der Waals surface area contributed by atoms with E-state index in [2.05, 4.69) is 0 Å². The molecule has 0 bridgehead atoms. The van der Waals surface area contributed by atoms with Crippen molar-refractivity contribution in [2.24, 2.45) is 0 Å². The molecule has 0 radical (unpaired) electrons. The third kappa shape index (κ3) is 2.88. The lowest BCUT2D eigenvalue weighted by atomic mass is 10.2. The molecule has 15 heavy (non-hydrogen) atoms. The molecule has 4 heteroatoms. The van der Waals surface area contributed by atoms with Crippen LogP contribution in [0.15, 0.2) is 30.3 Å². The SMILES string of the molecule is CCOC(O[SiH3])(OCC)c1ccccc1. The van der Waals surface area contributed by atoms with Crippen molar-refractivity contribution >= 4 is 10.5 Å². The summed E-state index contributed by atoms with van der Waals surface area (Å²) in [6.07, 6.45) is 0. The number of benzene rings is 1. The highest BCUT2D eigenvalue weighted by Gasteiger charge is 2.33. The molecule has 0 atom stereocenters. The third-order valence-electron chi connectivity index (χ3n) is 2.06. The molecule has 1 aromatic rings. The average molecular weight is 226 g/mol. The summed E-state index contributed by atoms with van der Waals surface area (Å²) < 4.78 is 16.7. The molecule has 84 valence electrons. The first-order valence-electron chi connectivity index (χ1n) is 5.17. The Kier molecular flexibility index (Phi) is 4.97. The Morgan fingerprint density at radius 1 is 1.07 bits per heavy atom. The van der Waals surface area contributed by atoms with Crippen LogP contribution in [0.4, 0.5) is 0 Å². The van der Waals surface area contributed by atoms with Gasteiger partial charge in [0.1, 0.15) is 0 Å². The maximum Gasteiger partial charge on any atom is 0.301 e. The fraction of sp³-hybridized carbons (Fsp3) is 0.455. The zero-order chi connectivity index (χ0) is 11.1. The Bertz CT molecular complexity index is 270. The molecule has 3 nitrogen and oxygen atoms in total. The molecule has 0 saturated carbocycles. The maximum absolute atomic E-state index is 5.60. The Morgan fingerprint density at radius 3 is 2.00 bits per heavy atom. The van der Waals surface area contributed by atoms with Crippen LogP contribution in [0.2, 0.25) is 0 Å². The van der Waals surface area contributed by atoms with Gasteiger partial charge in [0, 0.05) is 18.8 Å². The first-order chi connectivity index (χ1) is 7.29. The second-order valence-corrected chi connectivity index (χ2v) is 3.40. The molecule has 0 N–H and O–H groups in total. The molecular weight excluding hydrogens is 208 g/mol. The monoisotopic (exact) mass is 226 g/mol. The van der Waals surface area contributed by atoms with Gasteiger partial charge in [-0.25, -0.2) is 0 Å². The minimum atomic E-state index is -1.00. The zero-order valence-electron chi connectivity index (χ0n) is 9.53. The van der Waals surface area contributed by atoms with Crippen LogP contribution in [0.3, 0.4) is 0 Å². The molecule has 0 fully saturated rings. The van der Waals surface area contributed by atoms with E-state index in [1.165, 1.54) is 0 Å². The molecular formula is C11H18O3Si. The van der Waals surface area contributed by atoms with Gasteiger partial charge in [0.05, 0.1) is 0 Å². The molecule has 0 aliphatic rings. The Labute approximate surface area is 93.9 Å². The highest BCUT2D eigenvalue weighted by molar-refractivity contribution is 5.98. The summed E-state index contributed by atoms with van der Waals surface area (Å²) >= 11 is 0. The van der Waals surface area contributed by atoms with E-state index in [9.17, 15) is 0 Å². The lowest BCUT2D eigenvalue weighted by Crippen LogP contribution is -2.35. The predicted molar refractivity (Wildman–Crippen MR) is 62.4 cm³/mol. The normalized spacial score (nSPS) is 11.9. The van der Waals surface area contributed by atoms with E-state index in [0.29, 0.717) is 23.7 Å². The van der Waals surface area contributed by atoms with E-state index in [0.717, 1.165) is 5.56 Å². The van der Waals surface area contributed by atoms with Gasteiger partial charge < -0.3 is 13.9 Å². The van der Waals surface area contributed by atoms with E-state index in [4.69, 9.17) is 13.9 Å². The number of ether oxygens (including phenoxy) is 2. The molecule has 0 saturated heterocycles. The van der Waals surface area contributed by atoms with Gasteiger partial charge in [0.25, 0.3) is 0 Å². The lowest BCUT2D eigenvalue weighted by molar-refractivity contribution is -0.352. The zero-order valence-corrected chi connectivity index (χ0v) is 11.5. The topological polar surface area (TPSA) is 27.7 Å². The van der Waals surface area contributed by atoms with Crippen molar-refractivity contribution in [2.75, 3.05) is 13.2 Å². The van der Waals surface area contributed by atoms with Crippen LogP contribution in [-0.4, -0.2) is 23.7 Å². The molecule has 0 aliphatic heterocycles. The smallest absolute Gasteiger partial charge is 0.301 e. The molecule has 0 heterocycles. The average Bonchev–Trinajstić information content (AvgIpc) is 2.30. The summed E-state index contributed by atoms with van der Waals surface area (Å²) in [5.41, 5.74) is 0.906. The van der Waals surface area contributed by atoms with Crippen molar-refractivity contribution < 1.29 is 13.9 Å². The van der Waals surface area contributed by atoms with E-state index >= 15 is 0 Å². The predicted octanol–water partition coefficient (Wildman–Crippen LogP) is 1.17. The van der Waals surface area contributed by atoms with Crippen LogP contribution >= 0.6 is 0 Å². The van der Waals surface area contributed by atoms with Crippen LogP contribution in [-0.2, 0) is 19.9 Å². The van der Waals surface area contributed by atoms with E-state index in [1.807, 2.05) is 44.2 Å². The number of hydrogen-bond donors (Lipinski definition) is 0. The number of hydrogen-bond acceptors (Lipinski definition) is 3. The molecule has 1 aromatic carbocycles. The summed E-state index contributed by atoms with van der Waals surface area (Å²) in [5.74, 6) is -1.00. The van der Waals surface area contributed by atoms with Crippen LogP contribution < -0.4 is 0 Å². The minimum Gasteiger partial charge on any atom is -0.376 e. The van der Waals surface area contributed by atoms with Crippen molar-refractivity contribution in [1.29, 1.82) is 0 Å². The van der Waals surface area contributed by atoms with Crippen LogP contribution in [0.25, 0.3) is 0 Å². The fourth-order valence-electron chi connectivity index (χ4n) is 1.47. The van der Waals surface area contributed by atoms with Gasteiger partial charge in [-0.15, -0.1) is 0 Å². The van der Waals surface area contributed by atoms with Gasteiger partial charge in [-0.05, 0) is 13.8 Å².